The van der Waals surface area contributed by atoms with E-state index in [1.165, 1.54) is 4.31 Å². The summed E-state index contributed by atoms with van der Waals surface area (Å²) in [5, 5.41) is 0. The van der Waals surface area contributed by atoms with Gasteiger partial charge in [-0.25, -0.2) is 8.42 Å². The quantitative estimate of drug-likeness (QED) is 0.881. The van der Waals surface area contributed by atoms with Crippen LogP contribution in [-0.4, -0.2) is 25.8 Å². The lowest BCUT2D eigenvalue weighted by atomic mass is 10.2. The highest BCUT2D eigenvalue weighted by atomic mass is 32.2. The molecule has 100 valence electrons. The van der Waals surface area contributed by atoms with E-state index in [2.05, 4.69) is 0 Å². The molecular weight excluding hydrogens is 248 g/mol. The molecule has 18 heavy (non-hydrogen) atoms. The maximum Gasteiger partial charge on any atom is 0.243 e. The third-order valence-corrected chi connectivity index (χ3v) is 5.67. The van der Waals surface area contributed by atoms with Gasteiger partial charge < -0.3 is 5.73 Å². The lowest BCUT2D eigenvalue weighted by molar-refractivity contribution is 0.357. The van der Waals surface area contributed by atoms with Crippen molar-refractivity contribution in [2.24, 2.45) is 11.7 Å². The Balaban J connectivity index is 2.23. The minimum absolute atomic E-state index is 0.0733. The molecule has 0 heterocycles. The predicted molar refractivity (Wildman–Crippen MR) is 71.5 cm³/mol. The van der Waals surface area contributed by atoms with E-state index >= 15 is 0 Å². The number of nitrogens with zero attached hydrogens (tertiary/aromatic N) is 1. The van der Waals surface area contributed by atoms with Crippen molar-refractivity contribution in [2.45, 2.75) is 37.2 Å². The van der Waals surface area contributed by atoms with E-state index in [9.17, 15) is 8.42 Å². The third kappa shape index (κ3) is 2.58. The van der Waals surface area contributed by atoms with Crippen molar-refractivity contribution in [3.8, 4) is 0 Å². The molecule has 4 nitrogen and oxygen atoms in total. The number of hydrogen-bond donors (Lipinski definition) is 1. The molecule has 0 aromatic heterocycles. The molecule has 2 N–H and O–H groups in total. The fourth-order valence-electron chi connectivity index (χ4n) is 2.06. The van der Waals surface area contributed by atoms with Gasteiger partial charge in [0, 0.05) is 19.6 Å². The molecule has 1 aromatic rings. The normalized spacial score (nSPS) is 18.0. The first kappa shape index (κ1) is 13.5. The van der Waals surface area contributed by atoms with Gasteiger partial charge in [-0.3, -0.25) is 0 Å². The second kappa shape index (κ2) is 4.99. The van der Waals surface area contributed by atoms with Crippen LogP contribution in [0.1, 0.15) is 25.3 Å². The molecule has 0 amide bonds. The molecule has 0 radical (unpaired) electrons. The molecule has 1 saturated carbocycles. The summed E-state index contributed by atoms with van der Waals surface area (Å²) in [7, 11) is -1.71. The molecule has 1 aliphatic carbocycles. The van der Waals surface area contributed by atoms with Gasteiger partial charge in [0.25, 0.3) is 0 Å². The summed E-state index contributed by atoms with van der Waals surface area (Å²) in [6.45, 7) is 2.40. The SMILES string of the molecule is CC(C1CC1)N(C)S(=O)(=O)c1ccc(CN)cc1. The highest BCUT2D eigenvalue weighted by Crippen LogP contribution is 2.36. The zero-order valence-electron chi connectivity index (χ0n) is 10.8. The summed E-state index contributed by atoms with van der Waals surface area (Å²) in [4.78, 5) is 0.342. The zero-order chi connectivity index (χ0) is 13.3. The number of sulfonamides is 1. The highest BCUT2D eigenvalue weighted by Gasteiger charge is 2.35. The van der Waals surface area contributed by atoms with Crippen molar-refractivity contribution in [1.29, 1.82) is 0 Å². The van der Waals surface area contributed by atoms with Crippen LogP contribution in [0.25, 0.3) is 0 Å². The van der Waals surface area contributed by atoms with Crippen LogP contribution >= 0.6 is 0 Å². The van der Waals surface area contributed by atoms with Crippen LogP contribution in [-0.2, 0) is 16.6 Å². The highest BCUT2D eigenvalue weighted by molar-refractivity contribution is 7.89. The second-order valence-electron chi connectivity index (χ2n) is 4.95. The average molecular weight is 268 g/mol. The first-order chi connectivity index (χ1) is 8.46. The minimum Gasteiger partial charge on any atom is -0.326 e. The standard InChI is InChI=1S/C13H20N2O2S/c1-10(12-5-6-12)15(2)18(16,17)13-7-3-11(9-14)4-8-13/h3-4,7-8,10,12H,5-6,9,14H2,1-2H3. The van der Waals surface area contributed by atoms with Gasteiger partial charge in [0.05, 0.1) is 4.90 Å². The van der Waals surface area contributed by atoms with Gasteiger partial charge in [0.1, 0.15) is 0 Å². The molecule has 0 aliphatic heterocycles. The van der Waals surface area contributed by atoms with Crippen LogP contribution in [0.4, 0.5) is 0 Å². The van der Waals surface area contributed by atoms with Crippen LogP contribution in [0, 0.1) is 5.92 Å². The van der Waals surface area contributed by atoms with Gasteiger partial charge in [0.2, 0.25) is 10.0 Å². The molecule has 2 rings (SSSR count). The number of benzene rings is 1. The summed E-state index contributed by atoms with van der Waals surface area (Å²) in [6.07, 6.45) is 2.26. The predicted octanol–water partition coefficient (Wildman–Crippen LogP) is 1.56. The van der Waals surface area contributed by atoms with E-state index in [0.717, 1.165) is 18.4 Å². The Kier molecular flexibility index (Phi) is 3.75. The van der Waals surface area contributed by atoms with Crippen molar-refractivity contribution in [1.82, 2.24) is 4.31 Å². The van der Waals surface area contributed by atoms with E-state index in [-0.39, 0.29) is 6.04 Å². The zero-order valence-corrected chi connectivity index (χ0v) is 11.7. The van der Waals surface area contributed by atoms with Crippen molar-refractivity contribution >= 4 is 10.0 Å². The molecule has 0 spiro atoms. The summed E-state index contributed by atoms with van der Waals surface area (Å²) >= 11 is 0. The first-order valence-electron chi connectivity index (χ1n) is 6.24. The number of rotatable bonds is 5. The van der Waals surface area contributed by atoms with Crippen molar-refractivity contribution < 1.29 is 8.42 Å². The smallest absolute Gasteiger partial charge is 0.243 e. The molecule has 1 atom stereocenters. The largest absolute Gasteiger partial charge is 0.326 e. The molecule has 0 bridgehead atoms. The number of hydrogen-bond acceptors (Lipinski definition) is 3. The summed E-state index contributed by atoms with van der Waals surface area (Å²) in [5.41, 5.74) is 6.44. The molecule has 1 fully saturated rings. The van der Waals surface area contributed by atoms with Gasteiger partial charge in [-0.05, 0) is 43.4 Å². The minimum atomic E-state index is -3.38. The van der Waals surface area contributed by atoms with Crippen LogP contribution in [0.15, 0.2) is 29.2 Å². The van der Waals surface area contributed by atoms with Crippen molar-refractivity contribution in [3.63, 3.8) is 0 Å². The third-order valence-electron chi connectivity index (χ3n) is 3.71. The first-order valence-corrected chi connectivity index (χ1v) is 7.68. The molecule has 1 unspecified atom stereocenters. The Morgan fingerprint density at radius 3 is 2.33 bits per heavy atom. The average Bonchev–Trinajstić information content (AvgIpc) is 3.21. The lowest BCUT2D eigenvalue weighted by Gasteiger charge is -2.24. The second-order valence-corrected chi connectivity index (χ2v) is 6.94. The molecule has 5 heteroatoms. The van der Waals surface area contributed by atoms with Crippen LogP contribution in [0.5, 0.6) is 0 Å². The van der Waals surface area contributed by atoms with E-state index in [4.69, 9.17) is 5.73 Å². The van der Waals surface area contributed by atoms with Gasteiger partial charge in [-0.2, -0.15) is 4.31 Å². The number of nitrogens with two attached hydrogens (primary N) is 1. The van der Waals surface area contributed by atoms with Crippen molar-refractivity contribution in [2.75, 3.05) is 7.05 Å². The van der Waals surface area contributed by atoms with E-state index in [1.807, 2.05) is 6.92 Å². The van der Waals surface area contributed by atoms with Gasteiger partial charge in [-0.15, -0.1) is 0 Å². The van der Waals surface area contributed by atoms with Crippen LogP contribution < -0.4 is 5.73 Å². The molecular formula is C13H20N2O2S. The summed E-state index contributed by atoms with van der Waals surface area (Å²) in [6, 6.07) is 6.87. The maximum absolute atomic E-state index is 12.4. The Bertz CT molecular complexity index is 506. The van der Waals surface area contributed by atoms with E-state index < -0.39 is 10.0 Å². The Labute approximate surface area is 109 Å². The van der Waals surface area contributed by atoms with Gasteiger partial charge in [0.15, 0.2) is 0 Å². The lowest BCUT2D eigenvalue weighted by Crippen LogP contribution is -2.36. The Morgan fingerprint density at radius 2 is 1.89 bits per heavy atom. The molecule has 1 aliphatic rings. The van der Waals surface area contributed by atoms with E-state index in [0.29, 0.717) is 17.4 Å². The molecule has 0 saturated heterocycles. The Hall–Kier alpha value is -0.910. The Morgan fingerprint density at radius 1 is 1.33 bits per heavy atom. The molecule has 1 aromatic carbocycles. The van der Waals surface area contributed by atoms with E-state index in [1.54, 1.807) is 31.3 Å². The van der Waals surface area contributed by atoms with Crippen molar-refractivity contribution in [3.05, 3.63) is 29.8 Å². The maximum atomic E-state index is 12.4. The fourth-order valence-corrected chi connectivity index (χ4v) is 3.48. The topological polar surface area (TPSA) is 63.4 Å². The van der Waals surface area contributed by atoms with Gasteiger partial charge in [-0.1, -0.05) is 12.1 Å². The monoisotopic (exact) mass is 268 g/mol. The summed E-state index contributed by atoms with van der Waals surface area (Å²) in [5.74, 6) is 0.521. The summed E-state index contributed by atoms with van der Waals surface area (Å²) < 4.78 is 26.3. The van der Waals surface area contributed by atoms with Gasteiger partial charge >= 0.3 is 0 Å². The fraction of sp³-hybridized carbons (Fsp3) is 0.538. The van der Waals surface area contributed by atoms with Crippen LogP contribution in [0.3, 0.4) is 0 Å². The van der Waals surface area contributed by atoms with Crippen LogP contribution in [0.2, 0.25) is 0 Å².